The predicted octanol–water partition coefficient (Wildman–Crippen LogP) is 0.569. The maximum atomic E-state index is 6.06. The van der Waals surface area contributed by atoms with Crippen LogP contribution in [0.3, 0.4) is 0 Å². The summed E-state index contributed by atoms with van der Waals surface area (Å²) in [7, 11) is 0. The Morgan fingerprint density at radius 2 is 2.16 bits per heavy atom. The van der Waals surface area contributed by atoms with Crippen LogP contribution in [0.1, 0.15) is 32.5 Å². The molecule has 2 unspecified atom stereocenters. The van der Waals surface area contributed by atoms with Crippen LogP contribution in [-0.2, 0) is 16.6 Å². The van der Waals surface area contributed by atoms with Gasteiger partial charge in [-0.1, -0.05) is 19.0 Å². The third-order valence-corrected chi connectivity index (χ3v) is 4.02. The van der Waals surface area contributed by atoms with E-state index < -0.39 is 0 Å². The number of rotatable bonds is 6. The van der Waals surface area contributed by atoms with E-state index in [0.29, 0.717) is 19.1 Å². The molecule has 6 heteroatoms. The number of aromatic nitrogens is 2. The van der Waals surface area contributed by atoms with Crippen LogP contribution in [0, 0.1) is 0 Å². The highest BCUT2D eigenvalue weighted by Gasteiger charge is 2.44. The molecule has 0 aliphatic carbocycles. The van der Waals surface area contributed by atoms with Crippen LogP contribution in [0.4, 0.5) is 0 Å². The first kappa shape index (κ1) is 14.4. The third kappa shape index (κ3) is 2.96. The Morgan fingerprint density at radius 3 is 2.74 bits per heavy atom. The van der Waals surface area contributed by atoms with Crippen LogP contribution in [0.25, 0.3) is 0 Å². The summed E-state index contributed by atoms with van der Waals surface area (Å²) in [5.74, 6) is 1.36. The van der Waals surface area contributed by atoms with Crippen molar-refractivity contribution in [3.05, 3.63) is 11.7 Å². The molecule has 1 aliphatic heterocycles. The van der Waals surface area contributed by atoms with Crippen LogP contribution in [-0.4, -0.2) is 53.9 Å². The van der Waals surface area contributed by atoms with Crippen molar-refractivity contribution in [2.75, 3.05) is 32.8 Å². The van der Waals surface area contributed by atoms with E-state index in [1.807, 2.05) is 6.92 Å². The lowest BCUT2D eigenvalue weighted by atomic mass is 9.86. The molecular weight excluding hydrogens is 244 g/mol. The second-order valence-electron chi connectivity index (χ2n) is 5.33. The standard InChI is InChI=1S/C13H24N4O2/c1-4-17(5-2)7-6-11-15-12(19-16-11)13(3)9-18-8-10(13)14/h10H,4-9,14H2,1-3H3. The molecule has 0 amide bonds. The van der Waals surface area contributed by atoms with Gasteiger partial charge in [-0.3, -0.25) is 0 Å². The molecule has 19 heavy (non-hydrogen) atoms. The topological polar surface area (TPSA) is 77.4 Å². The van der Waals surface area contributed by atoms with Crippen LogP contribution in [0.15, 0.2) is 4.52 Å². The van der Waals surface area contributed by atoms with Crippen molar-refractivity contribution in [1.82, 2.24) is 15.0 Å². The normalized spacial score (nSPS) is 27.3. The highest BCUT2D eigenvalue weighted by molar-refractivity contribution is 5.11. The molecule has 6 nitrogen and oxygen atoms in total. The Kier molecular flexibility index (Phi) is 4.54. The van der Waals surface area contributed by atoms with Gasteiger partial charge in [-0.15, -0.1) is 0 Å². The van der Waals surface area contributed by atoms with Gasteiger partial charge in [-0.25, -0.2) is 0 Å². The molecule has 2 heterocycles. The molecule has 1 saturated heterocycles. The second-order valence-corrected chi connectivity index (χ2v) is 5.33. The zero-order valence-electron chi connectivity index (χ0n) is 12.1. The molecular formula is C13H24N4O2. The summed E-state index contributed by atoms with van der Waals surface area (Å²) in [5, 5.41) is 4.06. The minimum absolute atomic E-state index is 0.0800. The molecule has 0 spiro atoms. The molecule has 1 aromatic heterocycles. The van der Waals surface area contributed by atoms with E-state index in [0.717, 1.165) is 31.9 Å². The van der Waals surface area contributed by atoms with Crippen molar-refractivity contribution in [2.24, 2.45) is 5.73 Å². The van der Waals surface area contributed by atoms with Gasteiger partial charge >= 0.3 is 0 Å². The molecule has 1 aromatic rings. The van der Waals surface area contributed by atoms with Crippen LogP contribution < -0.4 is 5.73 Å². The van der Waals surface area contributed by atoms with Crippen molar-refractivity contribution in [1.29, 1.82) is 0 Å². The molecule has 2 atom stereocenters. The van der Waals surface area contributed by atoms with Crippen molar-refractivity contribution in [2.45, 2.75) is 38.6 Å². The summed E-state index contributed by atoms with van der Waals surface area (Å²) in [6.45, 7) is 10.5. The summed E-state index contributed by atoms with van der Waals surface area (Å²) >= 11 is 0. The van der Waals surface area contributed by atoms with E-state index >= 15 is 0 Å². The van der Waals surface area contributed by atoms with Gasteiger partial charge in [0, 0.05) is 19.0 Å². The molecule has 0 radical (unpaired) electrons. The lowest BCUT2D eigenvalue weighted by Crippen LogP contribution is -2.42. The number of likely N-dealkylation sites (N-methyl/N-ethyl adjacent to an activating group) is 1. The van der Waals surface area contributed by atoms with Crippen molar-refractivity contribution >= 4 is 0 Å². The van der Waals surface area contributed by atoms with Crippen molar-refractivity contribution in [3.63, 3.8) is 0 Å². The molecule has 0 saturated carbocycles. The summed E-state index contributed by atoms with van der Waals surface area (Å²) in [6, 6.07) is -0.0800. The Hall–Kier alpha value is -0.980. The van der Waals surface area contributed by atoms with Gasteiger partial charge in [0.05, 0.1) is 18.6 Å². The first-order chi connectivity index (χ1) is 9.10. The maximum Gasteiger partial charge on any atom is 0.236 e. The van der Waals surface area contributed by atoms with Gasteiger partial charge in [-0.05, 0) is 20.0 Å². The Bertz CT molecular complexity index is 405. The lowest BCUT2D eigenvalue weighted by molar-refractivity contribution is 0.169. The van der Waals surface area contributed by atoms with Gasteiger partial charge in [0.15, 0.2) is 5.82 Å². The maximum absolute atomic E-state index is 6.06. The van der Waals surface area contributed by atoms with E-state index in [9.17, 15) is 0 Å². The lowest BCUT2D eigenvalue weighted by Gasteiger charge is -2.21. The smallest absolute Gasteiger partial charge is 0.236 e. The number of nitrogens with zero attached hydrogens (tertiary/aromatic N) is 3. The highest BCUT2D eigenvalue weighted by atomic mass is 16.5. The molecule has 1 aliphatic rings. The third-order valence-electron chi connectivity index (χ3n) is 4.02. The Labute approximate surface area is 114 Å². The molecule has 0 aromatic carbocycles. The number of hydrogen-bond donors (Lipinski definition) is 1. The first-order valence-corrected chi connectivity index (χ1v) is 6.99. The largest absolute Gasteiger partial charge is 0.379 e. The van der Waals surface area contributed by atoms with Gasteiger partial charge in [0.25, 0.3) is 0 Å². The minimum atomic E-state index is -0.347. The van der Waals surface area contributed by atoms with Gasteiger partial charge in [-0.2, -0.15) is 4.98 Å². The van der Waals surface area contributed by atoms with Crippen molar-refractivity contribution < 1.29 is 9.26 Å². The van der Waals surface area contributed by atoms with E-state index in [1.165, 1.54) is 0 Å². The Balaban J connectivity index is 1.99. The minimum Gasteiger partial charge on any atom is -0.379 e. The van der Waals surface area contributed by atoms with Crippen molar-refractivity contribution in [3.8, 4) is 0 Å². The molecule has 2 rings (SSSR count). The van der Waals surface area contributed by atoms with Crippen LogP contribution in [0.2, 0.25) is 0 Å². The first-order valence-electron chi connectivity index (χ1n) is 6.99. The molecule has 1 fully saturated rings. The van der Waals surface area contributed by atoms with Gasteiger partial charge in [0.2, 0.25) is 5.89 Å². The Morgan fingerprint density at radius 1 is 1.42 bits per heavy atom. The summed E-state index contributed by atoms with van der Waals surface area (Å²) in [5.41, 5.74) is 5.71. The van der Waals surface area contributed by atoms with Crippen LogP contribution in [0.5, 0.6) is 0 Å². The highest BCUT2D eigenvalue weighted by Crippen LogP contribution is 2.30. The molecule has 0 bridgehead atoms. The zero-order chi connectivity index (χ0) is 13.9. The fourth-order valence-electron chi connectivity index (χ4n) is 2.29. The van der Waals surface area contributed by atoms with E-state index in [-0.39, 0.29) is 11.5 Å². The zero-order valence-corrected chi connectivity index (χ0v) is 12.1. The monoisotopic (exact) mass is 268 g/mol. The summed E-state index contributed by atoms with van der Waals surface area (Å²) < 4.78 is 10.8. The number of ether oxygens (including phenoxy) is 1. The van der Waals surface area contributed by atoms with Crippen LogP contribution >= 0.6 is 0 Å². The molecule has 108 valence electrons. The SMILES string of the molecule is CCN(CC)CCc1noc(C2(C)COCC2N)n1. The molecule has 2 N–H and O–H groups in total. The van der Waals surface area contributed by atoms with E-state index in [4.69, 9.17) is 15.0 Å². The predicted molar refractivity (Wildman–Crippen MR) is 71.9 cm³/mol. The number of hydrogen-bond acceptors (Lipinski definition) is 6. The van der Waals surface area contributed by atoms with Gasteiger partial charge < -0.3 is 19.9 Å². The number of nitrogens with two attached hydrogens (primary N) is 1. The average Bonchev–Trinajstić information content (AvgIpc) is 3.00. The summed E-state index contributed by atoms with van der Waals surface area (Å²) in [6.07, 6.45) is 0.803. The van der Waals surface area contributed by atoms with E-state index in [2.05, 4.69) is 28.9 Å². The fourth-order valence-corrected chi connectivity index (χ4v) is 2.29. The quantitative estimate of drug-likeness (QED) is 0.812. The summed E-state index contributed by atoms with van der Waals surface area (Å²) in [4.78, 5) is 6.83. The van der Waals surface area contributed by atoms with E-state index in [1.54, 1.807) is 0 Å². The van der Waals surface area contributed by atoms with Gasteiger partial charge in [0.1, 0.15) is 0 Å². The second kappa shape index (κ2) is 5.98. The fraction of sp³-hybridized carbons (Fsp3) is 0.846. The average molecular weight is 268 g/mol.